The topological polar surface area (TPSA) is 57.2 Å². The van der Waals surface area contributed by atoms with Gasteiger partial charge >= 0.3 is 0 Å². The predicted molar refractivity (Wildman–Crippen MR) is 86.8 cm³/mol. The first kappa shape index (κ1) is 16.0. The number of halogens is 1. The molecular weight excluding hydrogens is 334 g/mol. The Balaban J connectivity index is 1.50. The minimum absolute atomic E-state index is 0.0552. The number of benzene rings is 1. The van der Waals surface area contributed by atoms with Gasteiger partial charge in [-0.15, -0.1) is 0 Å². The van der Waals surface area contributed by atoms with Crippen LogP contribution < -0.4 is 9.47 Å². The molecular formula is C17H20ClNO5. The Bertz CT molecular complexity index is 634. The summed E-state index contributed by atoms with van der Waals surface area (Å²) in [6.45, 7) is 3.59. The number of nitrogens with zero attached hydrogens (tertiary/aromatic N) is 1. The highest BCUT2D eigenvalue weighted by Gasteiger charge is 2.41. The maximum Gasteiger partial charge on any atom is 0.254 e. The second-order valence-electron chi connectivity index (χ2n) is 6.24. The first-order valence-electron chi connectivity index (χ1n) is 8.33. The number of fused-ring (bicyclic) bond motifs is 1. The minimum atomic E-state index is -0.487. The second kappa shape index (κ2) is 6.43. The van der Waals surface area contributed by atoms with Crippen LogP contribution in [0.15, 0.2) is 12.1 Å². The summed E-state index contributed by atoms with van der Waals surface area (Å²) in [5, 5.41) is 0.411. The van der Waals surface area contributed by atoms with E-state index in [4.69, 9.17) is 30.5 Å². The Labute approximate surface area is 145 Å². The number of hydrogen-bond donors (Lipinski definition) is 0. The summed E-state index contributed by atoms with van der Waals surface area (Å²) in [7, 11) is 0. The molecule has 4 rings (SSSR count). The van der Waals surface area contributed by atoms with Gasteiger partial charge in [0.2, 0.25) is 0 Å². The van der Waals surface area contributed by atoms with Crippen molar-refractivity contribution in [2.24, 2.45) is 0 Å². The lowest BCUT2D eigenvalue weighted by Crippen LogP contribution is -2.47. The summed E-state index contributed by atoms with van der Waals surface area (Å²) >= 11 is 6.29. The highest BCUT2D eigenvalue weighted by molar-refractivity contribution is 6.32. The molecule has 0 unspecified atom stereocenters. The van der Waals surface area contributed by atoms with Crippen molar-refractivity contribution in [2.45, 2.75) is 25.0 Å². The van der Waals surface area contributed by atoms with Crippen molar-refractivity contribution in [3.63, 3.8) is 0 Å². The van der Waals surface area contributed by atoms with E-state index < -0.39 is 5.79 Å². The highest BCUT2D eigenvalue weighted by atomic mass is 35.5. The SMILES string of the molecule is O=C(c1cc(Cl)c2c(c1)OCCCO2)N1CCC2(CC1)OCCO2. The van der Waals surface area contributed by atoms with Gasteiger partial charge in [-0.2, -0.15) is 0 Å². The molecule has 0 saturated carbocycles. The molecule has 0 atom stereocenters. The molecule has 0 N–H and O–H groups in total. The van der Waals surface area contributed by atoms with Crippen molar-refractivity contribution in [1.29, 1.82) is 0 Å². The minimum Gasteiger partial charge on any atom is -0.489 e. The molecule has 1 spiro atoms. The summed E-state index contributed by atoms with van der Waals surface area (Å²) < 4.78 is 22.7. The van der Waals surface area contributed by atoms with E-state index in [1.807, 2.05) is 4.90 Å². The molecule has 24 heavy (non-hydrogen) atoms. The fourth-order valence-electron chi connectivity index (χ4n) is 3.37. The third-order valence-corrected chi connectivity index (χ3v) is 4.96. The Morgan fingerprint density at radius 3 is 2.50 bits per heavy atom. The number of ether oxygens (including phenoxy) is 4. The lowest BCUT2D eigenvalue weighted by molar-refractivity contribution is -0.181. The van der Waals surface area contributed by atoms with Gasteiger partial charge < -0.3 is 23.8 Å². The molecule has 3 aliphatic heterocycles. The van der Waals surface area contributed by atoms with Gasteiger partial charge in [-0.1, -0.05) is 11.6 Å². The van der Waals surface area contributed by atoms with Crippen LogP contribution in [0.3, 0.4) is 0 Å². The number of piperidine rings is 1. The maximum atomic E-state index is 12.8. The fraction of sp³-hybridized carbons (Fsp3) is 0.588. The van der Waals surface area contributed by atoms with Gasteiger partial charge in [0.1, 0.15) is 0 Å². The molecule has 1 amide bonds. The largest absolute Gasteiger partial charge is 0.489 e. The molecule has 0 aliphatic carbocycles. The van der Waals surface area contributed by atoms with Crippen LogP contribution in [-0.4, -0.2) is 56.1 Å². The van der Waals surface area contributed by atoms with E-state index in [9.17, 15) is 4.79 Å². The van der Waals surface area contributed by atoms with Crippen LogP contribution in [0.25, 0.3) is 0 Å². The lowest BCUT2D eigenvalue weighted by Gasteiger charge is -2.37. The third kappa shape index (κ3) is 2.94. The molecule has 1 aromatic rings. The molecule has 1 aromatic carbocycles. The van der Waals surface area contributed by atoms with E-state index in [2.05, 4.69) is 0 Å². The average molecular weight is 354 g/mol. The van der Waals surface area contributed by atoms with Gasteiger partial charge in [0.05, 0.1) is 31.5 Å². The zero-order valence-corrected chi connectivity index (χ0v) is 14.1. The summed E-state index contributed by atoms with van der Waals surface area (Å²) in [4.78, 5) is 14.6. The van der Waals surface area contributed by atoms with E-state index in [-0.39, 0.29) is 5.91 Å². The van der Waals surface area contributed by atoms with Crippen molar-refractivity contribution in [3.8, 4) is 11.5 Å². The lowest BCUT2D eigenvalue weighted by atomic mass is 10.0. The molecule has 0 bridgehead atoms. The Kier molecular flexibility index (Phi) is 4.28. The molecule has 130 valence electrons. The molecule has 0 aromatic heterocycles. The van der Waals surface area contributed by atoms with Gasteiger partial charge in [0.25, 0.3) is 5.91 Å². The second-order valence-corrected chi connectivity index (χ2v) is 6.64. The first-order chi connectivity index (χ1) is 11.7. The first-order valence-corrected chi connectivity index (χ1v) is 8.71. The van der Waals surface area contributed by atoms with Crippen molar-refractivity contribution in [1.82, 2.24) is 4.90 Å². The monoisotopic (exact) mass is 353 g/mol. The van der Waals surface area contributed by atoms with E-state index in [1.165, 1.54) is 0 Å². The quantitative estimate of drug-likeness (QED) is 0.776. The van der Waals surface area contributed by atoms with Gasteiger partial charge in [-0.25, -0.2) is 0 Å². The van der Waals surface area contributed by atoms with Crippen LogP contribution in [0.4, 0.5) is 0 Å². The highest BCUT2D eigenvalue weighted by Crippen LogP contribution is 2.39. The normalized spacial score (nSPS) is 22.5. The van der Waals surface area contributed by atoms with E-state index in [1.54, 1.807) is 12.1 Å². The van der Waals surface area contributed by atoms with Crippen molar-refractivity contribution < 1.29 is 23.7 Å². The molecule has 7 heteroatoms. The van der Waals surface area contributed by atoms with Crippen LogP contribution in [-0.2, 0) is 9.47 Å². The number of likely N-dealkylation sites (tertiary alicyclic amines) is 1. The number of carbonyl (C=O) groups excluding carboxylic acids is 1. The van der Waals surface area contributed by atoms with Gasteiger partial charge in [0.15, 0.2) is 17.3 Å². The number of rotatable bonds is 1. The Hall–Kier alpha value is -1.50. The van der Waals surface area contributed by atoms with Crippen LogP contribution in [0, 0.1) is 0 Å². The van der Waals surface area contributed by atoms with Crippen LogP contribution in [0.5, 0.6) is 11.5 Å². The molecule has 2 fully saturated rings. The van der Waals surface area contributed by atoms with Gasteiger partial charge in [-0.3, -0.25) is 4.79 Å². The maximum absolute atomic E-state index is 12.8. The van der Waals surface area contributed by atoms with E-state index >= 15 is 0 Å². The smallest absolute Gasteiger partial charge is 0.254 e. The van der Waals surface area contributed by atoms with E-state index in [0.717, 1.165) is 6.42 Å². The van der Waals surface area contributed by atoms with Crippen LogP contribution in [0.1, 0.15) is 29.6 Å². The third-order valence-electron chi connectivity index (χ3n) is 4.68. The summed E-state index contributed by atoms with van der Waals surface area (Å²) in [6.07, 6.45) is 2.18. The standard InChI is InChI=1S/C17H20ClNO5/c18-13-10-12(11-14-15(13)22-7-1-6-21-14)16(20)19-4-2-17(3-5-19)23-8-9-24-17/h10-11H,1-9H2. The predicted octanol–water partition coefficient (Wildman–Crippen LogP) is 2.48. The number of amides is 1. The zero-order chi connectivity index (χ0) is 16.6. The average Bonchev–Trinajstić information content (AvgIpc) is 2.90. The number of hydrogen-bond acceptors (Lipinski definition) is 5. The molecule has 0 radical (unpaired) electrons. The molecule has 6 nitrogen and oxygen atoms in total. The van der Waals surface area contributed by atoms with Gasteiger partial charge in [0, 0.05) is 37.9 Å². The number of carbonyl (C=O) groups is 1. The Morgan fingerprint density at radius 1 is 1.04 bits per heavy atom. The van der Waals surface area contributed by atoms with E-state index in [0.29, 0.717) is 74.4 Å². The van der Waals surface area contributed by atoms with Gasteiger partial charge in [-0.05, 0) is 12.1 Å². The Morgan fingerprint density at radius 2 is 1.75 bits per heavy atom. The molecule has 3 aliphatic rings. The van der Waals surface area contributed by atoms with Crippen molar-refractivity contribution >= 4 is 17.5 Å². The molecule has 2 saturated heterocycles. The summed E-state index contributed by atoms with van der Waals surface area (Å²) in [5.74, 6) is 0.523. The molecule has 3 heterocycles. The zero-order valence-electron chi connectivity index (χ0n) is 13.4. The van der Waals surface area contributed by atoms with Crippen molar-refractivity contribution in [3.05, 3.63) is 22.7 Å². The fourth-order valence-corrected chi connectivity index (χ4v) is 3.64. The van der Waals surface area contributed by atoms with Crippen LogP contribution in [0.2, 0.25) is 5.02 Å². The summed E-state index contributed by atoms with van der Waals surface area (Å²) in [6, 6.07) is 3.38. The van der Waals surface area contributed by atoms with Crippen LogP contribution >= 0.6 is 11.6 Å². The van der Waals surface area contributed by atoms with Crippen molar-refractivity contribution in [2.75, 3.05) is 39.5 Å². The summed E-state index contributed by atoms with van der Waals surface area (Å²) in [5.41, 5.74) is 0.522.